The first-order chi connectivity index (χ1) is 6.34. The van der Waals surface area contributed by atoms with Gasteiger partial charge in [-0.1, -0.05) is 12.1 Å². The van der Waals surface area contributed by atoms with Gasteiger partial charge in [0.25, 0.3) is 0 Å². The van der Waals surface area contributed by atoms with Gasteiger partial charge in [-0.3, -0.25) is 4.99 Å². The molecule has 1 aromatic rings. The Morgan fingerprint density at radius 3 is 2.64 bits per heavy atom. The van der Waals surface area contributed by atoms with Crippen LogP contribution >= 0.6 is 0 Å². The number of nitrogens with zero attached hydrogens (tertiary/aromatic N) is 1. The fourth-order valence-electron chi connectivity index (χ4n) is 0.922. The van der Waals surface area contributed by atoms with Crippen LogP contribution in [0.5, 0.6) is 5.75 Å². The number of para-hydroxylation sites is 1. The summed E-state index contributed by atoms with van der Waals surface area (Å²) < 4.78 is 0. The molecule has 0 saturated heterocycles. The van der Waals surface area contributed by atoms with Crippen molar-refractivity contribution in [2.75, 3.05) is 13.2 Å². The van der Waals surface area contributed by atoms with Crippen molar-refractivity contribution < 1.29 is 27.0 Å². The molecule has 79 valence electrons. The molecule has 0 aromatic heterocycles. The van der Waals surface area contributed by atoms with E-state index < -0.39 is 0 Å². The molecule has 0 unspecified atom stereocenters. The van der Waals surface area contributed by atoms with Crippen LogP contribution in [-0.2, 0) is 16.8 Å². The number of phenolic OH excluding ortho intramolecular Hbond substituents is 1. The Balaban J connectivity index is 0.00000169. The van der Waals surface area contributed by atoms with Crippen LogP contribution < -0.4 is 0 Å². The van der Waals surface area contributed by atoms with E-state index in [4.69, 9.17) is 5.11 Å². The Morgan fingerprint density at radius 1 is 1.29 bits per heavy atom. The molecule has 0 aliphatic rings. The topological polar surface area (TPSA) is 52.8 Å². The molecule has 14 heavy (non-hydrogen) atoms. The Bertz CT molecular complexity index is 289. The zero-order valence-corrected chi connectivity index (χ0v) is 8.72. The summed E-state index contributed by atoms with van der Waals surface area (Å²) in [6.45, 7) is 0.739. The molecule has 1 rings (SSSR count). The first-order valence-electron chi connectivity index (χ1n) is 4.23. The Morgan fingerprint density at radius 2 is 2.00 bits per heavy atom. The molecule has 1 aromatic carbocycles. The van der Waals surface area contributed by atoms with Gasteiger partial charge in [0, 0.05) is 41.7 Å². The molecule has 4 heteroatoms. The number of hydrogen-bond donors (Lipinski definition) is 2. The normalized spacial score (nSPS) is 10.1. The second kappa shape index (κ2) is 7.55. The number of aromatic hydroxyl groups is 1. The number of aliphatic imine (C=N–C) groups is 1. The van der Waals surface area contributed by atoms with Crippen molar-refractivity contribution in [2.24, 2.45) is 4.99 Å². The SMILES string of the molecule is OCCCN=Cc1ccccc1O.[Co]. The van der Waals surface area contributed by atoms with Gasteiger partial charge in [-0.2, -0.15) is 0 Å². The molecule has 0 fully saturated rings. The van der Waals surface area contributed by atoms with Gasteiger partial charge in [0.2, 0.25) is 0 Å². The number of aliphatic hydroxyl groups excluding tert-OH is 1. The maximum atomic E-state index is 9.33. The van der Waals surface area contributed by atoms with E-state index in [1.165, 1.54) is 0 Å². The summed E-state index contributed by atoms with van der Waals surface area (Å²) in [5.41, 5.74) is 0.709. The molecule has 0 spiro atoms. The molecular weight excluding hydrogens is 225 g/mol. The fourth-order valence-corrected chi connectivity index (χ4v) is 0.922. The second-order valence-electron chi connectivity index (χ2n) is 2.67. The van der Waals surface area contributed by atoms with Gasteiger partial charge >= 0.3 is 0 Å². The third-order valence-corrected chi connectivity index (χ3v) is 1.61. The standard InChI is InChI=1S/C10H13NO2.Co/c12-7-3-6-11-8-9-4-1-2-5-10(9)13;/h1-2,4-5,8,12-13H,3,6-7H2;. The number of rotatable bonds is 4. The molecule has 0 aliphatic heterocycles. The quantitative estimate of drug-likeness (QED) is 0.611. The number of benzene rings is 1. The van der Waals surface area contributed by atoms with E-state index >= 15 is 0 Å². The summed E-state index contributed by atoms with van der Waals surface area (Å²) in [5.74, 6) is 0.232. The summed E-state index contributed by atoms with van der Waals surface area (Å²) >= 11 is 0. The second-order valence-corrected chi connectivity index (χ2v) is 2.67. The number of aliphatic hydroxyl groups is 1. The van der Waals surface area contributed by atoms with Crippen molar-refractivity contribution in [1.82, 2.24) is 0 Å². The fraction of sp³-hybridized carbons (Fsp3) is 0.300. The summed E-state index contributed by atoms with van der Waals surface area (Å²) in [4.78, 5) is 4.05. The van der Waals surface area contributed by atoms with Crippen LogP contribution in [0.15, 0.2) is 29.3 Å². The van der Waals surface area contributed by atoms with Crippen molar-refractivity contribution in [3.05, 3.63) is 29.8 Å². The van der Waals surface area contributed by atoms with Crippen LogP contribution in [0, 0.1) is 0 Å². The van der Waals surface area contributed by atoms with Crippen LogP contribution in [0.3, 0.4) is 0 Å². The molecule has 2 N–H and O–H groups in total. The minimum Gasteiger partial charge on any atom is -0.507 e. The molecule has 0 saturated carbocycles. The molecule has 0 heterocycles. The molecule has 0 amide bonds. The zero-order chi connectivity index (χ0) is 9.52. The Hall–Kier alpha value is -0.844. The third kappa shape index (κ3) is 4.41. The molecule has 3 nitrogen and oxygen atoms in total. The monoisotopic (exact) mass is 238 g/mol. The number of phenols is 1. The van der Waals surface area contributed by atoms with E-state index in [0.29, 0.717) is 18.5 Å². The zero-order valence-electron chi connectivity index (χ0n) is 7.68. The van der Waals surface area contributed by atoms with Gasteiger partial charge < -0.3 is 10.2 Å². The molecule has 0 bridgehead atoms. The van der Waals surface area contributed by atoms with Crippen molar-refractivity contribution in [1.29, 1.82) is 0 Å². The van der Waals surface area contributed by atoms with Crippen LogP contribution in [0.25, 0.3) is 0 Å². The first-order valence-corrected chi connectivity index (χ1v) is 4.23. The van der Waals surface area contributed by atoms with Crippen molar-refractivity contribution in [2.45, 2.75) is 6.42 Å². The maximum Gasteiger partial charge on any atom is 0.124 e. The van der Waals surface area contributed by atoms with E-state index in [9.17, 15) is 5.11 Å². The van der Waals surface area contributed by atoms with Crippen LogP contribution in [0.4, 0.5) is 0 Å². The van der Waals surface area contributed by atoms with Crippen molar-refractivity contribution >= 4 is 6.21 Å². The average Bonchev–Trinajstić information content (AvgIpc) is 2.15. The Labute approximate surface area is 93.7 Å². The van der Waals surface area contributed by atoms with Crippen molar-refractivity contribution in [3.63, 3.8) is 0 Å². The van der Waals surface area contributed by atoms with Gasteiger partial charge in [-0.05, 0) is 18.6 Å². The maximum absolute atomic E-state index is 9.33. The average molecular weight is 238 g/mol. The van der Waals surface area contributed by atoms with Gasteiger partial charge in [0.15, 0.2) is 0 Å². The van der Waals surface area contributed by atoms with Crippen molar-refractivity contribution in [3.8, 4) is 5.75 Å². The number of hydrogen-bond acceptors (Lipinski definition) is 3. The van der Waals surface area contributed by atoms with Gasteiger partial charge in [0.05, 0.1) is 0 Å². The summed E-state index contributed by atoms with van der Waals surface area (Å²) in [6.07, 6.45) is 2.27. The predicted octanol–water partition coefficient (Wildman–Crippen LogP) is 1.19. The first kappa shape index (κ1) is 13.2. The van der Waals surface area contributed by atoms with E-state index in [1.807, 2.05) is 6.07 Å². The van der Waals surface area contributed by atoms with E-state index in [2.05, 4.69) is 4.99 Å². The molecular formula is C10H13CoNO2. The third-order valence-electron chi connectivity index (χ3n) is 1.61. The minimum atomic E-state index is 0. The summed E-state index contributed by atoms with van der Waals surface area (Å²) in [5, 5.41) is 17.8. The minimum absolute atomic E-state index is 0. The molecule has 1 radical (unpaired) electrons. The van der Waals surface area contributed by atoms with E-state index in [-0.39, 0.29) is 29.1 Å². The largest absolute Gasteiger partial charge is 0.507 e. The summed E-state index contributed by atoms with van der Waals surface area (Å²) in [6, 6.07) is 7.01. The van der Waals surface area contributed by atoms with Gasteiger partial charge in [0.1, 0.15) is 5.75 Å². The smallest absolute Gasteiger partial charge is 0.124 e. The van der Waals surface area contributed by atoms with Gasteiger partial charge in [-0.25, -0.2) is 0 Å². The Kier molecular flexibility index (Phi) is 7.10. The van der Waals surface area contributed by atoms with Gasteiger partial charge in [-0.15, -0.1) is 0 Å². The van der Waals surface area contributed by atoms with Crippen LogP contribution in [-0.4, -0.2) is 29.6 Å². The predicted molar refractivity (Wildman–Crippen MR) is 52.3 cm³/mol. The van der Waals surface area contributed by atoms with E-state index in [1.54, 1.807) is 24.4 Å². The molecule has 0 aliphatic carbocycles. The molecule has 0 atom stereocenters. The summed E-state index contributed by atoms with van der Waals surface area (Å²) in [7, 11) is 0. The van der Waals surface area contributed by atoms with Crippen LogP contribution in [0.1, 0.15) is 12.0 Å². The van der Waals surface area contributed by atoms with Crippen LogP contribution in [0.2, 0.25) is 0 Å². The van der Waals surface area contributed by atoms with E-state index in [0.717, 1.165) is 0 Å².